The largest absolute Gasteiger partial charge is 0.456 e. The number of anilines is 1. The van der Waals surface area contributed by atoms with Crippen LogP contribution in [0.3, 0.4) is 0 Å². The molecule has 3 rings (SSSR count). The van der Waals surface area contributed by atoms with Gasteiger partial charge in [-0.25, -0.2) is 0 Å². The van der Waals surface area contributed by atoms with Gasteiger partial charge >= 0.3 is 0 Å². The average Bonchev–Trinajstić information content (AvgIpc) is 2.47. The van der Waals surface area contributed by atoms with Crippen LogP contribution in [-0.2, 0) is 11.0 Å². The van der Waals surface area contributed by atoms with Crippen molar-refractivity contribution in [3.63, 3.8) is 0 Å². The summed E-state index contributed by atoms with van der Waals surface area (Å²) in [7, 11) is -2.79. The first-order valence-electron chi connectivity index (χ1n) is 7.29. The lowest BCUT2D eigenvalue weighted by molar-refractivity contribution is 0.484. The molecule has 0 bridgehead atoms. The summed E-state index contributed by atoms with van der Waals surface area (Å²) in [5, 5.41) is 1.49. The van der Waals surface area contributed by atoms with Crippen molar-refractivity contribution in [1.82, 2.24) is 0 Å². The van der Waals surface area contributed by atoms with E-state index in [-0.39, 0.29) is 5.66 Å². The Kier molecular flexibility index (Phi) is 3.33. The van der Waals surface area contributed by atoms with Crippen LogP contribution in [0, 0.1) is 0 Å². The molecule has 0 aliphatic carbocycles. The van der Waals surface area contributed by atoms with Gasteiger partial charge in [0.25, 0.3) is 0 Å². The third-order valence-electron chi connectivity index (χ3n) is 4.15. The smallest absolute Gasteiger partial charge is 0.155 e. The number of rotatable bonds is 2. The summed E-state index contributed by atoms with van der Waals surface area (Å²) in [6.07, 6.45) is 0.818. The third kappa shape index (κ3) is 1.91. The molecule has 1 aliphatic rings. The summed E-state index contributed by atoms with van der Waals surface area (Å²) in [6.45, 7) is 6.03. The maximum atomic E-state index is 13.9. The quantitative estimate of drug-likeness (QED) is 0.680. The molecule has 0 saturated carbocycles. The number of ether oxygens (including phenoxy) is 1. The molecule has 0 fully saturated rings. The van der Waals surface area contributed by atoms with E-state index in [1.54, 1.807) is 0 Å². The first kappa shape index (κ1) is 14.2. The van der Waals surface area contributed by atoms with Crippen LogP contribution in [-0.4, -0.2) is 5.66 Å². The van der Waals surface area contributed by atoms with Crippen molar-refractivity contribution in [2.45, 2.75) is 32.9 Å². The van der Waals surface area contributed by atoms with Crippen molar-refractivity contribution in [2.24, 2.45) is 0 Å². The van der Waals surface area contributed by atoms with Crippen LogP contribution in [0.5, 0.6) is 11.5 Å². The van der Waals surface area contributed by atoms with Crippen molar-refractivity contribution < 1.29 is 9.30 Å². The maximum absolute atomic E-state index is 13.9. The molecule has 2 aromatic rings. The van der Waals surface area contributed by atoms with Crippen LogP contribution in [0.2, 0.25) is 0 Å². The first-order chi connectivity index (χ1) is 10.00. The molecule has 2 aromatic carbocycles. The third-order valence-corrected chi connectivity index (χ3v) is 7.82. The summed E-state index contributed by atoms with van der Waals surface area (Å²) in [5.41, 5.74) is 7.97. The van der Waals surface area contributed by atoms with Crippen LogP contribution in [0.25, 0.3) is 0 Å². The van der Waals surface area contributed by atoms with E-state index in [4.69, 9.17) is 10.5 Å². The van der Waals surface area contributed by atoms with Gasteiger partial charge in [-0.1, -0.05) is 39.0 Å². The second kappa shape index (κ2) is 4.92. The number of nitrogens with two attached hydrogens (primary N) is 1. The molecule has 2 N–H and O–H groups in total. The molecule has 110 valence electrons. The Balaban J connectivity index is 2.38. The Labute approximate surface area is 125 Å². The molecule has 1 heterocycles. The molecule has 21 heavy (non-hydrogen) atoms. The number of benzene rings is 2. The van der Waals surface area contributed by atoms with Crippen LogP contribution in [0.4, 0.5) is 5.69 Å². The lowest BCUT2D eigenvalue weighted by Crippen LogP contribution is -2.31. The fourth-order valence-corrected chi connectivity index (χ4v) is 5.97. The fourth-order valence-electron chi connectivity index (χ4n) is 2.96. The highest BCUT2D eigenvalue weighted by atomic mass is 31.2. The SMILES string of the molecule is CCc1ccc2c(c1N)P(=O)(C(C)C)c1ccccc1O2. The van der Waals surface area contributed by atoms with Gasteiger partial charge in [0, 0.05) is 11.3 Å². The van der Waals surface area contributed by atoms with Crippen molar-refractivity contribution in [1.29, 1.82) is 0 Å². The Bertz CT molecular complexity index is 752. The molecule has 0 aromatic heterocycles. The maximum Gasteiger partial charge on any atom is 0.155 e. The Hall–Kier alpha value is -1.73. The van der Waals surface area contributed by atoms with Gasteiger partial charge in [-0.15, -0.1) is 0 Å². The van der Waals surface area contributed by atoms with E-state index in [0.29, 0.717) is 22.5 Å². The standard InChI is InChI=1S/C17H20NO2P/c1-4-12-9-10-14-17(16(12)18)21(19,11(2)3)15-8-6-5-7-13(15)20-14/h5-11H,4,18H2,1-3H3. The number of hydrogen-bond acceptors (Lipinski definition) is 3. The van der Waals surface area contributed by atoms with E-state index in [1.165, 1.54) is 0 Å². The van der Waals surface area contributed by atoms with Crippen molar-refractivity contribution in [2.75, 3.05) is 5.73 Å². The van der Waals surface area contributed by atoms with Crippen molar-refractivity contribution >= 4 is 23.4 Å². The molecule has 1 aliphatic heterocycles. The van der Waals surface area contributed by atoms with E-state index >= 15 is 0 Å². The monoisotopic (exact) mass is 301 g/mol. The summed E-state index contributed by atoms with van der Waals surface area (Å²) >= 11 is 0. The minimum Gasteiger partial charge on any atom is -0.456 e. The normalized spacial score (nSPS) is 19.8. The molecule has 3 nitrogen and oxygen atoms in total. The van der Waals surface area contributed by atoms with Crippen molar-refractivity contribution in [3.05, 3.63) is 42.0 Å². The van der Waals surface area contributed by atoms with Crippen LogP contribution in [0.1, 0.15) is 26.3 Å². The second-order valence-electron chi connectivity index (χ2n) is 5.66. The lowest BCUT2D eigenvalue weighted by atomic mass is 10.1. The predicted molar refractivity (Wildman–Crippen MR) is 88.8 cm³/mol. The lowest BCUT2D eigenvalue weighted by Gasteiger charge is -2.32. The fraction of sp³-hybridized carbons (Fsp3) is 0.294. The molecule has 0 saturated heterocycles. The second-order valence-corrected chi connectivity index (χ2v) is 8.94. The van der Waals surface area contributed by atoms with E-state index in [0.717, 1.165) is 17.3 Å². The Morgan fingerprint density at radius 3 is 2.52 bits per heavy atom. The number of fused-ring (bicyclic) bond motifs is 2. The average molecular weight is 301 g/mol. The van der Waals surface area contributed by atoms with Gasteiger partial charge in [-0.2, -0.15) is 0 Å². The molecule has 0 spiro atoms. The summed E-state index contributed by atoms with van der Waals surface area (Å²) in [4.78, 5) is 0. The zero-order valence-electron chi connectivity index (χ0n) is 12.6. The van der Waals surface area contributed by atoms with E-state index in [2.05, 4.69) is 6.92 Å². The molecule has 1 unspecified atom stereocenters. The van der Waals surface area contributed by atoms with Crippen LogP contribution in [0.15, 0.2) is 36.4 Å². The molecular formula is C17H20NO2P. The Morgan fingerprint density at radius 2 is 1.86 bits per heavy atom. The molecule has 1 atom stereocenters. The topological polar surface area (TPSA) is 52.3 Å². The molecule has 0 radical (unpaired) electrons. The Morgan fingerprint density at radius 1 is 1.14 bits per heavy atom. The summed E-state index contributed by atoms with van der Waals surface area (Å²) < 4.78 is 19.9. The van der Waals surface area contributed by atoms with E-state index in [1.807, 2.05) is 50.2 Å². The number of aryl methyl sites for hydroxylation is 1. The molecular weight excluding hydrogens is 281 g/mol. The minimum absolute atomic E-state index is 0.0179. The zero-order chi connectivity index (χ0) is 15.2. The summed E-state index contributed by atoms with van der Waals surface area (Å²) in [6, 6.07) is 11.4. The number of para-hydroxylation sites is 1. The first-order valence-corrected chi connectivity index (χ1v) is 9.06. The highest BCUT2D eigenvalue weighted by Crippen LogP contribution is 2.57. The van der Waals surface area contributed by atoms with Gasteiger partial charge < -0.3 is 15.0 Å². The van der Waals surface area contributed by atoms with Gasteiger partial charge in [-0.05, 0) is 30.2 Å². The van der Waals surface area contributed by atoms with Crippen LogP contribution < -0.4 is 21.1 Å². The van der Waals surface area contributed by atoms with Gasteiger partial charge in [-0.3, -0.25) is 0 Å². The van der Waals surface area contributed by atoms with Gasteiger partial charge in [0.05, 0.1) is 10.6 Å². The van der Waals surface area contributed by atoms with E-state index in [9.17, 15) is 4.57 Å². The van der Waals surface area contributed by atoms with Crippen molar-refractivity contribution in [3.8, 4) is 11.5 Å². The van der Waals surface area contributed by atoms with E-state index < -0.39 is 7.14 Å². The predicted octanol–water partition coefficient (Wildman–Crippen LogP) is 3.66. The summed E-state index contributed by atoms with van der Waals surface area (Å²) in [5.74, 6) is 1.33. The minimum atomic E-state index is -2.79. The highest BCUT2D eigenvalue weighted by Gasteiger charge is 2.41. The van der Waals surface area contributed by atoms with Gasteiger partial charge in [0.1, 0.15) is 11.5 Å². The zero-order valence-corrected chi connectivity index (χ0v) is 13.5. The molecule has 4 heteroatoms. The van der Waals surface area contributed by atoms with Gasteiger partial charge in [0.15, 0.2) is 7.14 Å². The van der Waals surface area contributed by atoms with Crippen LogP contribution >= 0.6 is 7.14 Å². The highest BCUT2D eigenvalue weighted by molar-refractivity contribution is 7.80. The number of hydrogen-bond donors (Lipinski definition) is 1. The molecule has 0 amide bonds. The van der Waals surface area contributed by atoms with Gasteiger partial charge in [0.2, 0.25) is 0 Å². The number of nitrogen functional groups attached to an aromatic ring is 1.